The highest BCUT2D eigenvalue weighted by Crippen LogP contribution is 2.56. The number of nitrogens with two attached hydrogens (primary N) is 1. The van der Waals surface area contributed by atoms with Crippen molar-refractivity contribution in [2.75, 3.05) is 6.26 Å². The van der Waals surface area contributed by atoms with E-state index in [4.69, 9.17) is 10.5 Å². The van der Waals surface area contributed by atoms with E-state index in [2.05, 4.69) is 0 Å². The predicted molar refractivity (Wildman–Crippen MR) is 92.8 cm³/mol. The molecule has 1 aromatic rings. The summed E-state index contributed by atoms with van der Waals surface area (Å²) in [6.45, 7) is 4.12. The molecule has 0 aromatic heterocycles. The maximum atomic E-state index is 12.6. The van der Waals surface area contributed by atoms with E-state index in [0.29, 0.717) is 0 Å². The summed E-state index contributed by atoms with van der Waals surface area (Å²) in [6, 6.07) is 8.91. The molecule has 5 nitrogen and oxygen atoms in total. The first-order valence-corrected chi connectivity index (χ1v) is 9.47. The summed E-state index contributed by atoms with van der Waals surface area (Å²) in [4.78, 5) is 25.7. The summed E-state index contributed by atoms with van der Waals surface area (Å²) in [5.41, 5.74) is 7.10. The van der Waals surface area contributed by atoms with E-state index >= 15 is 0 Å². The monoisotopic (exact) mass is 352 g/mol. The van der Waals surface area contributed by atoms with E-state index < -0.39 is 15.7 Å². The highest BCUT2D eigenvalue weighted by atomic mass is 32.2. The third-order valence-corrected chi connectivity index (χ3v) is 7.20. The molecule has 3 rings (SSSR count). The molecule has 23 heavy (non-hydrogen) atoms. The van der Waals surface area contributed by atoms with Gasteiger partial charge in [0.15, 0.2) is 4.87 Å². The number of nitrogens with zero attached hydrogens (tertiary/aromatic N) is 1. The molecule has 124 valence electrons. The lowest BCUT2D eigenvalue weighted by atomic mass is 9.96. The van der Waals surface area contributed by atoms with Crippen molar-refractivity contribution in [3.8, 4) is 0 Å². The van der Waals surface area contributed by atoms with Crippen LogP contribution in [0.4, 0.5) is 0 Å². The Morgan fingerprint density at radius 3 is 2.65 bits per heavy atom. The van der Waals surface area contributed by atoms with Crippen molar-refractivity contribution in [1.29, 1.82) is 0 Å². The van der Waals surface area contributed by atoms with Crippen LogP contribution in [0, 0.1) is 0 Å². The third-order valence-electron chi connectivity index (χ3n) is 4.33. The first-order valence-electron chi connectivity index (χ1n) is 7.36. The van der Waals surface area contributed by atoms with Crippen LogP contribution in [-0.2, 0) is 20.9 Å². The van der Waals surface area contributed by atoms with Gasteiger partial charge in [-0.15, -0.1) is 23.5 Å². The number of carbonyl (C=O) groups is 2. The van der Waals surface area contributed by atoms with Crippen LogP contribution in [0.5, 0.6) is 0 Å². The summed E-state index contributed by atoms with van der Waals surface area (Å²) >= 11 is 2.91. The molecule has 1 aromatic carbocycles. The lowest BCUT2D eigenvalue weighted by molar-refractivity contribution is -0.165. The fraction of sp³-hybridized carbons (Fsp3) is 0.500. The van der Waals surface area contributed by atoms with E-state index in [1.165, 1.54) is 11.8 Å². The topological polar surface area (TPSA) is 72.6 Å². The summed E-state index contributed by atoms with van der Waals surface area (Å²) in [5, 5.41) is -0.186. The molecule has 0 unspecified atom stereocenters. The molecule has 2 saturated heterocycles. The third kappa shape index (κ3) is 2.55. The molecule has 0 radical (unpaired) electrons. The van der Waals surface area contributed by atoms with Gasteiger partial charge >= 0.3 is 5.97 Å². The molecular formula is C16H20N2O3S2. The van der Waals surface area contributed by atoms with E-state index in [1.54, 1.807) is 16.7 Å². The average Bonchev–Trinajstić information content (AvgIpc) is 2.82. The van der Waals surface area contributed by atoms with Crippen molar-refractivity contribution in [1.82, 2.24) is 4.90 Å². The first-order chi connectivity index (χ1) is 10.8. The molecule has 7 heteroatoms. The highest BCUT2D eigenvalue weighted by molar-refractivity contribution is 8.05. The van der Waals surface area contributed by atoms with Crippen molar-refractivity contribution in [3.05, 3.63) is 35.9 Å². The van der Waals surface area contributed by atoms with Crippen molar-refractivity contribution < 1.29 is 14.3 Å². The molecule has 0 bridgehead atoms. The molecule has 2 fully saturated rings. The van der Waals surface area contributed by atoms with Crippen molar-refractivity contribution in [2.45, 2.75) is 41.5 Å². The summed E-state index contributed by atoms with van der Waals surface area (Å²) < 4.78 is 5.03. The van der Waals surface area contributed by atoms with Gasteiger partial charge in [-0.25, -0.2) is 4.79 Å². The summed E-state index contributed by atoms with van der Waals surface area (Å²) in [7, 11) is 0. The second-order valence-electron chi connectivity index (χ2n) is 6.28. The van der Waals surface area contributed by atoms with Crippen molar-refractivity contribution in [2.24, 2.45) is 5.73 Å². The van der Waals surface area contributed by atoms with E-state index in [0.717, 1.165) is 5.56 Å². The fourth-order valence-corrected chi connectivity index (χ4v) is 5.58. The zero-order valence-electron chi connectivity index (χ0n) is 13.3. The van der Waals surface area contributed by atoms with Gasteiger partial charge in [-0.05, 0) is 25.7 Å². The van der Waals surface area contributed by atoms with Gasteiger partial charge in [0.25, 0.3) is 5.91 Å². The van der Waals surface area contributed by atoms with Gasteiger partial charge in [0.1, 0.15) is 18.0 Å². The number of carbonyl (C=O) groups excluding carboxylic acids is 2. The number of amides is 1. The Balaban J connectivity index is 1.74. The minimum atomic E-state index is -0.934. The first kappa shape index (κ1) is 16.7. The van der Waals surface area contributed by atoms with Crippen LogP contribution in [0.25, 0.3) is 0 Å². The number of hydrogen-bond acceptors (Lipinski definition) is 6. The molecule has 2 N–H and O–H groups in total. The van der Waals surface area contributed by atoms with Gasteiger partial charge in [0, 0.05) is 4.75 Å². The molecular weight excluding hydrogens is 332 g/mol. The number of hydrogen-bond donors (Lipinski definition) is 1. The standard InChI is InChI=1S/C16H20N2O3S2/c1-15(2)11(12(19)21-9-10-7-5-4-6-8-10)18-13(20)16(17,22-3)14(18)23-15/h4-8,11,14H,9,17H2,1-3H3/t11-,14+,16+/m0/s1. The number of esters is 1. The maximum Gasteiger partial charge on any atom is 0.330 e. The summed E-state index contributed by atoms with van der Waals surface area (Å²) in [6.07, 6.45) is 1.82. The van der Waals surface area contributed by atoms with Crippen LogP contribution in [-0.4, -0.2) is 44.1 Å². The van der Waals surface area contributed by atoms with Gasteiger partial charge in [-0.2, -0.15) is 0 Å². The SMILES string of the molecule is CS[C@]1(N)C(=O)N2[C@@H](C(=O)OCc3ccccc3)C(C)(C)S[C@@H]21. The van der Waals surface area contributed by atoms with Crippen molar-refractivity contribution >= 4 is 35.4 Å². The largest absolute Gasteiger partial charge is 0.459 e. The normalized spacial score (nSPS) is 31.5. The lowest BCUT2D eigenvalue weighted by Gasteiger charge is -2.49. The Labute approximate surface area is 144 Å². The molecule has 2 heterocycles. The van der Waals surface area contributed by atoms with Crippen LogP contribution < -0.4 is 5.73 Å². The number of fused-ring (bicyclic) bond motifs is 1. The number of thioether (sulfide) groups is 2. The van der Waals surface area contributed by atoms with E-state index in [-0.39, 0.29) is 23.9 Å². The molecule has 0 spiro atoms. The van der Waals surface area contributed by atoms with Crippen LogP contribution in [0.3, 0.4) is 0 Å². The zero-order valence-corrected chi connectivity index (χ0v) is 14.9. The Kier molecular flexibility index (Phi) is 4.14. The highest BCUT2D eigenvalue weighted by Gasteiger charge is 2.70. The Morgan fingerprint density at radius 1 is 1.39 bits per heavy atom. The maximum absolute atomic E-state index is 12.6. The Bertz CT molecular complexity index is 637. The van der Waals surface area contributed by atoms with Gasteiger partial charge in [0.05, 0.1) is 0 Å². The molecule has 3 atom stereocenters. The molecule has 2 aliphatic rings. The van der Waals surface area contributed by atoms with Gasteiger partial charge in [-0.3, -0.25) is 4.79 Å². The number of β-lactam (4-membered cyclic amide) rings is 1. The quantitative estimate of drug-likeness (QED) is 0.506. The average molecular weight is 352 g/mol. The molecule has 0 aliphatic carbocycles. The number of rotatable bonds is 4. The zero-order chi connectivity index (χ0) is 16.8. The second kappa shape index (κ2) is 5.72. The van der Waals surface area contributed by atoms with Crippen LogP contribution >= 0.6 is 23.5 Å². The second-order valence-corrected chi connectivity index (χ2v) is 9.10. The summed E-state index contributed by atoms with van der Waals surface area (Å²) in [5.74, 6) is -0.555. The molecule has 1 amide bonds. The van der Waals surface area contributed by atoms with Crippen LogP contribution in [0.2, 0.25) is 0 Å². The van der Waals surface area contributed by atoms with Crippen LogP contribution in [0.1, 0.15) is 19.4 Å². The van der Waals surface area contributed by atoms with Gasteiger partial charge in [0.2, 0.25) is 0 Å². The smallest absolute Gasteiger partial charge is 0.330 e. The lowest BCUT2D eigenvalue weighted by Crippen LogP contribution is -2.76. The van der Waals surface area contributed by atoms with Gasteiger partial charge < -0.3 is 15.4 Å². The fourth-order valence-electron chi connectivity index (χ4n) is 3.03. The van der Waals surface area contributed by atoms with Crippen molar-refractivity contribution in [3.63, 3.8) is 0 Å². The minimum Gasteiger partial charge on any atom is -0.459 e. The van der Waals surface area contributed by atoms with E-state index in [9.17, 15) is 9.59 Å². The number of benzene rings is 1. The van der Waals surface area contributed by atoms with E-state index in [1.807, 2.05) is 50.4 Å². The Morgan fingerprint density at radius 2 is 2.04 bits per heavy atom. The predicted octanol–water partition coefficient (Wildman–Crippen LogP) is 1.81. The molecule has 2 aliphatic heterocycles. The van der Waals surface area contributed by atoms with Gasteiger partial charge in [-0.1, -0.05) is 30.3 Å². The number of ether oxygens (including phenoxy) is 1. The molecule has 0 saturated carbocycles. The minimum absolute atomic E-state index is 0.185. The van der Waals surface area contributed by atoms with Crippen LogP contribution in [0.15, 0.2) is 30.3 Å². The Hall–Kier alpha value is -1.18.